The van der Waals surface area contributed by atoms with Crippen LogP contribution in [0.2, 0.25) is 0 Å². The Morgan fingerprint density at radius 2 is 1.11 bits per heavy atom. The first kappa shape index (κ1) is 21.0. The number of nitrogens with zero attached hydrogens (tertiary/aromatic N) is 2. The lowest BCUT2D eigenvalue weighted by Gasteiger charge is -2.13. The van der Waals surface area contributed by atoms with Crippen LogP contribution in [0, 0.1) is 0 Å². The highest BCUT2D eigenvalue weighted by Crippen LogP contribution is 2.15. The van der Waals surface area contributed by atoms with Crippen molar-refractivity contribution >= 4 is 29.1 Å². The van der Waals surface area contributed by atoms with Gasteiger partial charge in [-0.2, -0.15) is 0 Å². The summed E-state index contributed by atoms with van der Waals surface area (Å²) in [4.78, 5) is 39.8. The molecule has 28 heavy (non-hydrogen) atoms. The van der Waals surface area contributed by atoms with E-state index in [-0.39, 0.29) is 0 Å². The monoisotopic (exact) mass is 384 g/mol. The Hall–Kier alpha value is -3.35. The van der Waals surface area contributed by atoms with Crippen molar-refractivity contribution < 1.29 is 23.9 Å². The first-order valence-corrected chi connectivity index (χ1v) is 8.68. The highest BCUT2D eigenvalue weighted by molar-refractivity contribution is 5.94. The molecule has 0 aliphatic heterocycles. The van der Waals surface area contributed by atoms with Crippen LogP contribution in [0.4, 0.5) is 11.4 Å². The number of ether oxygens (including phenoxy) is 2. The Balaban J connectivity index is 1.84. The fourth-order valence-electron chi connectivity index (χ4n) is 2.32. The van der Waals surface area contributed by atoms with Crippen LogP contribution in [0.3, 0.4) is 0 Å². The molecule has 0 aliphatic carbocycles. The molecule has 0 unspecified atom stereocenters. The van der Waals surface area contributed by atoms with E-state index in [0.717, 1.165) is 11.4 Å². The average Bonchev–Trinajstić information content (AvgIpc) is 2.70. The van der Waals surface area contributed by atoms with Crippen LogP contribution in [0.1, 0.15) is 20.7 Å². The number of Topliss-reactive ketones (excluding diaryl/α,β-unsaturated/α-hetero) is 1. The molecule has 0 saturated carbocycles. The van der Waals surface area contributed by atoms with Crippen molar-refractivity contribution in [3.05, 3.63) is 59.7 Å². The Labute approximate surface area is 164 Å². The number of anilines is 2. The molecule has 0 fully saturated rings. The van der Waals surface area contributed by atoms with E-state index in [4.69, 9.17) is 9.47 Å². The van der Waals surface area contributed by atoms with Crippen molar-refractivity contribution in [3.8, 4) is 0 Å². The SMILES string of the molecule is CN(C)c1cccc(C(=O)OCC(=O)COC(=O)c2cccc(N(C)C)c2)c1. The number of benzene rings is 2. The lowest BCUT2D eigenvalue weighted by atomic mass is 10.2. The average molecular weight is 384 g/mol. The summed E-state index contributed by atoms with van der Waals surface area (Å²) in [6.07, 6.45) is 0. The minimum atomic E-state index is -0.609. The topological polar surface area (TPSA) is 76.1 Å². The third kappa shape index (κ3) is 5.84. The third-order valence-corrected chi connectivity index (χ3v) is 3.93. The van der Waals surface area contributed by atoms with E-state index in [0.29, 0.717) is 11.1 Å². The number of carbonyl (C=O) groups excluding carboxylic acids is 3. The van der Waals surface area contributed by atoms with Gasteiger partial charge in [-0.15, -0.1) is 0 Å². The van der Waals surface area contributed by atoms with Crippen LogP contribution in [-0.2, 0) is 14.3 Å². The number of hydrogen-bond acceptors (Lipinski definition) is 7. The van der Waals surface area contributed by atoms with E-state index >= 15 is 0 Å². The number of ketones is 1. The minimum absolute atomic E-state index is 0.344. The van der Waals surface area contributed by atoms with Crippen molar-refractivity contribution in [2.45, 2.75) is 0 Å². The van der Waals surface area contributed by atoms with Gasteiger partial charge in [0.1, 0.15) is 0 Å². The molecule has 2 rings (SSSR count). The van der Waals surface area contributed by atoms with E-state index in [1.165, 1.54) is 0 Å². The van der Waals surface area contributed by atoms with Gasteiger partial charge in [0.25, 0.3) is 0 Å². The lowest BCUT2D eigenvalue weighted by molar-refractivity contribution is -0.125. The molecular weight excluding hydrogens is 360 g/mol. The fourth-order valence-corrected chi connectivity index (χ4v) is 2.32. The Bertz CT molecular complexity index is 792. The highest BCUT2D eigenvalue weighted by Gasteiger charge is 2.14. The molecule has 0 bridgehead atoms. The highest BCUT2D eigenvalue weighted by atomic mass is 16.6. The summed E-state index contributed by atoms with van der Waals surface area (Å²) in [6, 6.07) is 13.7. The van der Waals surface area contributed by atoms with Gasteiger partial charge in [-0.05, 0) is 36.4 Å². The molecule has 7 heteroatoms. The maximum Gasteiger partial charge on any atom is 0.338 e. The van der Waals surface area contributed by atoms with Crippen molar-refractivity contribution in [3.63, 3.8) is 0 Å². The van der Waals surface area contributed by atoms with Gasteiger partial charge in [0.2, 0.25) is 5.78 Å². The standard InChI is InChI=1S/C21H24N2O5/c1-22(2)17-9-5-7-15(11-17)20(25)27-13-19(24)14-28-21(26)16-8-6-10-18(12-16)23(3)4/h5-12H,13-14H2,1-4H3. The molecule has 148 valence electrons. The first-order chi connectivity index (χ1) is 13.3. The molecule has 7 nitrogen and oxygen atoms in total. The summed E-state index contributed by atoms with van der Waals surface area (Å²) >= 11 is 0. The quantitative estimate of drug-likeness (QED) is 0.647. The van der Waals surface area contributed by atoms with Gasteiger partial charge in [0, 0.05) is 39.6 Å². The van der Waals surface area contributed by atoms with Crippen LogP contribution < -0.4 is 9.80 Å². The molecule has 0 N–H and O–H groups in total. The maximum atomic E-state index is 12.1. The summed E-state index contributed by atoms with van der Waals surface area (Å²) in [7, 11) is 7.43. The number of hydrogen-bond donors (Lipinski definition) is 0. The van der Waals surface area contributed by atoms with Crippen LogP contribution >= 0.6 is 0 Å². The van der Waals surface area contributed by atoms with Gasteiger partial charge in [-0.1, -0.05) is 12.1 Å². The van der Waals surface area contributed by atoms with Crippen LogP contribution in [0.5, 0.6) is 0 Å². The number of esters is 2. The normalized spacial score (nSPS) is 10.1. The second-order valence-electron chi connectivity index (χ2n) is 6.58. The van der Waals surface area contributed by atoms with Gasteiger partial charge in [-0.25, -0.2) is 9.59 Å². The summed E-state index contributed by atoms with van der Waals surface area (Å²) in [5, 5.41) is 0. The Morgan fingerprint density at radius 3 is 1.46 bits per heavy atom. The zero-order valence-electron chi connectivity index (χ0n) is 16.5. The molecule has 0 saturated heterocycles. The van der Waals surface area contributed by atoms with Crippen molar-refractivity contribution in [2.75, 3.05) is 51.2 Å². The van der Waals surface area contributed by atoms with E-state index < -0.39 is 30.9 Å². The first-order valence-electron chi connectivity index (χ1n) is 8.68. The van der Waals surface area contributed by atoms with Crippen molar-refractivity contribution in [2.24, 2.45) is 0 Å². The smallest absolute Gasteiger partial charge is 0.338 e. The summed E-state index contributed by atoms with van der Waals surface area (Å²) in [5.74, 6) is -1.72. The predicted octanol–water partition coefficient (Wildman–Crippen LogP) is 2.40. The fraction of sp³-hybridized carbons (Fsp3) is 0.286. The minimum Gasteiger partial charge on any atom is -0.454 e. The Kier molecular flexibility index (Phi) is 7.14. The summed E-state index contributed by atoms with van der Waals surface area (Å²) < 4.78 is 10.0. The van der Waals surface area contributed by atoms with E-state index in [2.05, 4.69) is 0 Å². The lowest BCUT2D eigenvalue weighted by Crippen LogP contribution is -2.21. The summed E-state index contributed by atoms with van der Waals surface area (Å²) in [6.45, 7) is -0.925. The molecular formula is C21H24N2O5. The zero-order chi connectivity index (χ0) is 20.7. The molecule has 2 aromatic carbocycles. The molecule has 0 atom stereocenters. The van der Waals surface area contributed by atoms with Crippen LogP contribution in [0.15, 0.2) is 48.5 Å². The van der Waals surface area contributed by atoms with Crippen LogP contribution in [0.25, 0.3) is 0 Å². The van der Waals surface area contributed by atoms with Crippen molar-refractivity contribution in [1.82, 2.24) is 0 Å². The van der Waals surface area contributed by atoms with Gasteiger partial charge >= 0.3 is 11.9 Å². The van der Waals surface area contributed by atoms with E-state index in [9.17, 15) is 14.4 Å². The van der Waals surface area contributed by atoms with Crippen molar-refractivity contribution in [1.29, 1.82) is 0 Å². The number of rotatable bonds is 8. The largest absolute Gasteiger partial charge is 0.454 e. The molecule has 0 radical (unpaired) electrons. The summed E-state index contributed by atoms with van der Waals surface area (Å²) in [5.41, 5.74) is 2.37. The van der Waals surface area contributed by atoms with Gasteiger partial charge in [0.15, 0.2) is 13.2 Å². The van der Waals surface area contributed by atoms with E-state index in [1.54, 1.807) is 36.4 Å². The second kappa shape index (κ2) is 9.55. The van der Waals surface area contributed by atoms with Gasteiger partial charge < -0.3 is 19.3 Å². The third-order valence-electron chi connectivity index (χ3n) is 3.93. The molecule has 0 heterocycles. The molecule has 0 aromatic heterocycles. The zero-order valence-corrected chi connectivity index (χ0v) is 16.5. The molecule has 0 aliphatic rings. The second-order valence-corrected chi connectivity index (χ2v) is 6.58. The maximum absolute atomic E-state index is 12.1. The molecule has 0 spiro atoms. The van der Waals surface area contributed by atoms with Gasteiger partial charge in [0.05, 0.1) is 11.1 Å². The van der Waals surface area contributed by atoms with E-state index in [1.807, 2.05) is 50.1 Å². The Morgan fingerprint density at radius 1 is 0.714 bits per heavy atom. The molecule has 0 amide bonds. The van der Waals surface area contributed by atoms with Gasteiger partial charge in [-0.3, -0.25) is 4.79 Å². The molecule has 2 aromatic rings. The predicted molar refractivity (Wildman–Crippen MR) is 107 cm³/mol. The van der Waals surface area contributed by atoms with Crippen LogP contribution in [-0.4, -0.2) is 59.1 Å². The number of carbonyl (C=O) groups is 3.